The molecule has 0 aromatic rings. The van der Waals surface area contributed by atoms with Gasteiger partial charge in [-0.2, -0.15) is 15.0 Å². The first-order valence-corrected chi connectivity index (χ1v) is 18.3. The van der Waals surface area contributed by atoms with Crippen molar-refractivity contribution in [2.75, 3.05) is 39.5 Å². The van der Waals surface area contributed by atoms with Gasteiger partial charge in [0.2, 0.25) is 24.3 Å². The monoisotopic (exact) mass is 831 g/mol. The minimum atomic E-state index is -0.725. The van der Waals surface area contributed by atoms with E-state index in [2.05, 4.69) is 51.8 Å². The molecule has 18 nitrogen and oxygen atoms in total. The number of rotatable bonds is 19. The van der Waals surface area contributed by atoms with Crippen LogP contribution in [0.5, 0.6) is 0 Å². The number of esters is 4. The van der Waals surface area contributed by atoms with Gasteiger partial charge in [-0.15, -0.1) is 0 Å². The van der Waals surface area contributed by atoms with Crippen LogP contribution < -0.4 is 0 Å². The Morgan fingerprint density at radius 1 is 0.643 bits per heavy atom. The van der Waals surface area contributed by atoms with Gasteiger partial charge in [-0.05, 0) is 92.2 Å². The Labute approximate surface area is 340 Å². The normalized spacial score (nSPS) is 10.7. The summed E-state index contributed by atoms with van der Waals surface area (Å²) in [5.74, 6) is -1.58. The molecule has 20 heteroatoms. The maximum absolute atomic E-state index is 11.1. The summed E-state index contributed by atoms with van der Waals surface area (Å²) in [6, 6.07) is -1.72. The number of aliphatic imine (C=N–C) groups is 5. The van der Waals surface area contributed by atoms with E-state index in [9.17, 15) is 38.4 Å². The first-order chi connectivity index (χ1) is 26.4. The van der Waals surface area contributed by atoms with E-state index in [-0.39, 0.29) is 43.3 Å². The van der Waals surface area contributed by atoms with E-state index >= 15 is 0 Å². The van der Waals surface area contributed by atoms with Gasteiger partial charge in [0.25, 0.3) is 0 Å². The molecule has 0 spiro atoms. The van der Waals surface area contributed by atoms with Gasteiger partial charge in [0.1, 0.15) is 11.6 Å². The Kier molecular flexibility index (Phi) is 46.1. The molecular formula is C36H57N5O13S2. The average Bonchev–Trinajstić information content (AvgIpc) is 3.11. The molecule has 0 aliphatic rings. The fourth-order valence-electron chi connectivity index (χ4n) is 2.97. The van der Waals surface area contributed by atoms with Crippen LogP contribution >= 0.6 is 24.4 Å². The predicted octanol–water partition coefficient (Wildman–Crippen LogP) is 5.13. The maximum atomic E-state index is 11.1. The number of nitrogens with zero attached hydrogens (tertiary/aromatic N) is 5. The number of thiocarbonyl (C=S) groups is 2. The summed E-state index contributed by atoms with van der Waals surface area (Å²) in [5, 5.41) is 2.58. The molecule has 0 rings (SSSR count). The molecule has 0 bridgehead atoms. The van der Waals surface area contributed by atoms with Crippen LogP contribution in [-0.2, 0) is 62.0 Å². The minimum absolute atomic E-state index is 0.0366. The molecule has 3 unspecified atom stereocenters. The van der Waals surface area contributed by atoms with Crippen LogP contribution in [-0.4, -0.2) is 122 Å². The average molecular weight is 832 g/mol. The molecule has 0 saturated heterocycles. The number of isothiocyanates is 1. The highest BCUT2D eigenvalue weighted by atomic mass is 32.1. The summed E-state index contributed by atoms with van der Waals surface area (Å²) in [5.41, 5.74) is -0.418. The van der Waals surface area contributed by atoms with Crippen molar-refractivity contribution in [1.29, 1.82) is 0 Å². The smallest absolute Gasteiger partial charge is 0.332 e. The minimum Gasteiger partial charge on any atom is -0.485 e. The van der Waals surface area contributed by atoms with Crippen molar-refractivity contribution in [3.63, 3.8) is 0 Å². The Morgan fingerprint density at radius 3 is 1.54 bits per heavy atom. The van der Waals surface area contributed by atoms with Crippen LogP contribution in [0.1, 0.15) is 102 Å². The van der Waals surface area contributed by atoms with Crippen molar-refractivity contribution in [1.82, 2.24) is 0 Å². The Bertz CT molecular complexity index is 1370. The molecule has 0 amide bonds. The lowest BCUT2D eigenvalue weighted by Crippen LogP contribution is -2.26. The van der Waals surface area contributed by atoms with E-state index in [0.717, 1.165) is 12.8 Å². The third-order valence-electron chi connectivity index (χ3n) is 5.26. The highest BCUT2D eigenvalue weighted by Crippen LogP contribution is 2.09. The van der Waals surface area contributed by atoms with E-state index in [1.54, 1.807) is 34.6 Å². The Balaban J connectivity index is -0.000000194. The van der Waals surface area contributed by atoms with Gasteiger partial charge >= 0.3 is 23.9 Å². The second-order valence-electron chi connectivity index (χ2n) is 11.4. The predicted molar refractivity (Wildman–Crippen MR) is 213 cm³/mol. The Morgan fingerprint density at radius 2 is 1.12 bits per heavy atom. The third kappa shape index (κ3) is 45.2. The van der Waals surface area contributed by atoms with Crippen molar-refractivity contribution >= 4 is 82.8 Å². The standard InChI is InChI=1S/C8H13NO3.2C8H13NO2S.2C6H9NO3/c1-4-12-8(11)7(6(2)3)9-5-10;1-8(2,3)11-7(10)4-5-9-6-12;1-3-5-7(9-6-10)8(12)11-4-2;1-3-10-6(9)5(2)7-4-8;1-2-10-6(9)3-4-7-5-8/h6-7H,4H2,1-3H3;4-5H2,1-3H3;7H,3-5H2,1-2H3;5H,3H2,1-2H3;2-4H2,1H3. The second-order valence-corrected chi connectivity index (χ2v) is 12.0. The summed E-state index contributed by atoms with van der Waals surface area (Å²) in [6.45, 7) is 21.5. The fraction of sp³-hybridized carbons (Fsp3) is 0.722. The van der Waals surface area contributed by atoms with Crippen molar-refractivity contribution in [3.05, 3.63) is 0 Å². The highest BCUT2D eigenvalue weighted by molar-refractivity contribution is 7.80. The fourth-order valence-corrected chi connectivity index (χ4v) is 3.35. The van der Waals surface area contributed by atoms with Crippen LogP contribution in [0, 0.1) is 5.92 Å². The van der Waals surface area contributed by atoms with Crippen molar-refractivity contribution < 1.29 is 62.0 Å². The quantitative estimate of drug-likeness (QED) is 0.0538. The molecule has 0 aromatic heterocycles. The molecule has 316 valence electrons. The topological polar surface area (TPSA) is 245 Å². The number of hydrogen-bond donors (Lipinski definition) is 0. The van der Waals surface area contributed by atoms with Gasteiger partial charge in [-0.1, -0.05) is 27.2 Å². The molecule has 0 heterocycles. The first kappa shape index (κ1) is 60.3. The zero-order valence-corrected chi connectivity index (χ0v) is 35.9. The van der Waals surface area contributed by atoms with E-state index in [0.29, 0.717) is 38.0 Å². The Hall–Kier alpha value is -4.91. The lowest BCUT2D eigenvalue weighted by atomic mass is 10.1. The number of carbonyl (C=O) groups excluding carboxylic acids is 8. The van der Waals surface area contributed by atoms with Gasteiger partial charge in [0.05, 0.1) is 57.5 Å². The van der Waals surface area contributed by atoms with Gasteiger partial charge in [-0.3, -0.25) is 9.59 Å². The molecule has 0 aliphatic heterocycles. The van der Waals surface area contributed by atoms with Crippen molar-refractivity contribution in [2.45, 2.75) is 126 Å². The summed E-state index contributed by atoms with van der Waals surface area (Å²) in [6.07, 6.45) is 7.56. The third-order valence-corrected chi connectivity index (χ3v) is 5.78. The molecular weight excluding hydrogens is 775 g/mol. The summed E-state index contributed by atoms with van der Waals surface area (Å²) in [4.78, 5) is 99.1. The van der Waals surface area contributed by atoms with Crippen molar-refractivity contribution in [3.8, 4) is 0 Å². The van der Waals surface area contributed by atoms with Crippen LogP contribution in [0.25, 0.3) is 0 Å². The number of carbonyl (C=O) groups is 4. The molecule has 0 aromatic carbocycles. The van der Waals surface area contributed by atoms with Gasteiger partial charge in [0.15, 0.2) is 17.1 Å². The van der Waals surface area contributed by atoms with E-state index < -0.39 is 29.6 Å². The van der Waals surface area contributed by atoms with Crippen LogP contribution in [0.4, 0.5) is 0 Å². The zero-order chi connectivity index (χ0) is 44.4. The second kappa shape index (κ2) is 42.8. The number of isocyanates is 4. The zero-order valence-electron chi connectivity index (χ0n) is 34.2. The summed E-state index contributed by atoms with van der Waals surface area (Å²) >= 11 is 9.26. The SMILES string of the molecule is CC(C)(C)OC(=O)CCN=C=S.CCCC(N=C=O)C(=S)OCC.CCOC(=O)C(C)N=C=O.CCOC(=O)C(N=C=O)C(C)C.CCOC(=O)CCN=C=O. The van der Waals surface area contributed by atoms with Crippen LogP contribution in [0.3, 0.4) is 0 Å². The lowest BCUT2D eigenvalue weighted by molar-refractivity contribution is -0.154. The number of ether oxygens (including phenoxy) is 5. The summed E-state index contributed by atoms with van der Waals surface area (Å²) < 4.78 is 23.9. The van der Waals surface area contributed by atoms with Crippen molar-refractivity contribution in [2.24, 2.45) is 30.9 Å². The van der Waals surface area contributed by atoms with Gasteiger partial charge in [-0.25, -0.2) is 38.8 Å². The molecule has 0 radical (unpaired) electrons. The van der Waals surface area contributed by atoms with Crippen LogP contribution in [0.2, 0.25) is 0 Å². The van der Waals surface area contributed by atoms with E-state index in [1.807, 2.05) is 34.6 Å². The van der Waals surface area contributed by atoms with Gasteiger partial charge < -0.3 is 23.7 Å². The first-order valence-electron chi connectivity index (χ1n) is 17.5. The molecule has 0 N–H and O–H groups in total. The molecule has 0 saturated carbocycles. The molecule has 0 aliphatic carbocycles. The lowest BCUT2D eigenvalue weighted by Gasteiger charge is -2.18. The number of hydrogen-bond acceptors (Lipinski definition) is 20. The van der Waals surface area contributed by atoms with Gasteiger partial charge in [0, 0.05) is 0 Å². The van der Waals surface area contributed by atoms with E-state index in [1.165, 1.54) is 31.2 Å². The summed E-state index contributed by atoms with van der Waals surface area (Å²) in [7, 11) is 0. The largest absolute Gasteiger partial charge is 0.485 e. The highest BCUT2D eigenvalue weighted by Gasteiger charge is 2.22. The van der Waals surface area contributed by atoms with E-state index in [4.69, 9.17) is 26.4 Å². The molecule has 56 heavy (non-hydrogen) atoms. The van der Waals surface area contributed by atoms with Crippen LogP contribution in [0.15, 0.2) is 25.0 Å². The molecule has 3 atom stereocenters. The maximum Gasteiger partial charge on any atom is 0.332 e. The molecule has 0 fully saturated rings.